The van der Waals surface area contributed by atoms with Gasteiger partial charge in [-0.05, 0) is 66.7 Å². The lowest BCUT2D eigenvalue weighted by molar-refractivity contribution is -0.147. The van der Waals surface area contributed by atoms with Gasteiger partial charge in [-0.1, -0.05) is 53.2 Å². The summed E-state index contributed by atoms with van der Waals surface area (Å²) in [5.41, 5.74) is 3.91. The largest absolute Gasteiger partial charge is 0.468 e. The summed E-state index contributed by atoms with van der Waals surface area (Å²) >= 11 is 0. The molecule has 4 rings (SSSR count). The number of esters is 1. The minimum absolute atomic E-state index is 0.0403. The number of ether oxygens (including phenoxy) is 1. The van der Waals surface area contributed by atoms with E-state index in [0.29, 0.717) is 30.8 Å². The Bertz CT molecular complexity index is 892. The van der Waals surface area contributed by atoms with Crippen LogP contribution in [0.3, 0.4) is 0 Å². The predicted octanol–water partition coefficient (Wildman–Crippen LogP) is 5.52. The number of aliphatic hydroxyl groups excluding tert-OH is 1. The van der Waals surface area contributed by atoms with Crippen LogP contribution in [-0.2, 0) is 19.1 Å². The third-order valence-corrected chi connectivity index (χ3v) is 8.28. The second kappa shape index (κ2) is 10.5. The van der Waals surface area contributed by atoms with Gasteiger partial charge in [0, 0.05) is 18.3 Å². The summed E-state index contributed by atoms with van der Waals surface area (Å²) in [6, 6.07) is 0. The highest BCUT2D eigenvalue weighted by atomic mass is 16.5. The zero-order valence-corrected chi connectivity index (χ0v) is 21.7. The molecule has 0 saturated carbocycles. The van der Waals surface area contributed by atoms with Crippen molar-refractivity contribution < 1.29 is 24.2 Å². The average molecular weight is 459 g/mol. The van der Waals surface area contributed by atoms with Crippen LogP contribution in [0, 0.1) is 22.7 Å². The maximum atomic E-state index is 12.7. The van der Waals surface area contributed by atoms with Gasteiger partial charge in [0.05, 0.1) is 13.2 Å². The fraction of sp³-hybridized carbons (Fsp3) is 0.679. The van der Waals surface area contributed by atoms with Gasteiger partial charge in [-0.2, -0.15) is 0 Å². The van der Waals surface area contributed by atoms with Gasteiger partial charge in [-0.25, -0.2) is 0 Å². The third-order valence-electron chi connectivity index (χ3n) is 8.28. The Morgan fingerprint density at radius 3 is 2.33 bits per heavy atom. The number of aliphatic hydroxyl groups is 1. The van der Waals surface area contributed by atoms with Crippen molar-refractivity contribution in [3.05, 3.63) is 34.4 Å². The number of Topliss-reactive ketones (excluding diaryl/α,β-unsaturated/α-hetero) is 1. The number of hydrogen-bond acceptors (Lipinski definition) is 5. The Labute approximate surface area is 199 Å². The van der Waals surface area contributed by atoms with E-state index in [9.17, 15) is 19.5 Å². The number of fused-ring (bicyclic) bond motifs is 4. The Morgan fingerprint density at radius 1 is 1.18 bits per heavy atom. The zero-order chi connectivity index (χ0) is 25.1. The minimum Gasteiger partial charge on any atom is -0.468 e. The van der Waals surface area contributed by atoms with Crippen molar-refractivity contribution in [2.24, 2.45) is 22.7 Å². The molecule has 0 heterocycles. The molecule has 0 aromatic heterocycles. The standard InChI is InChI=1S/C22H28O4.C4H8O.C2H6/c1-12-5-6-14-17-15(8-10-21(12,14)2)22(3)9-7-13(23)11-16(22)19(24)18(17)20(25)26-4;1-3-4(2)5;1-2/h6,11-12,18-19,24H,5,7-10H2,1-4H3;3H2,1-2H3;1-2H3/t12?,18?,19-,21?,22?;;/m1../s1. The SMILES string of the molecule is CC.CCC(C)=O.COC(=O)C1C2=C(CCC3(C)C2=CCC3C)C2(C)CCC(=O)C=C2[C@H]1O. The summed E-state index contributed by atoms with van der Waals surface area (Å²) < 4.78 is 5.08. The van der Waals surface area contributed by atoms with Crippen molar-refractivity contribution in [2.45, 2.75) is 93.1 Å². The lowest BCUT2D eigenvalue weighted by atomic mass is 9.52. The van der Waals surface area contributed by atoms with E-state index in [2.05, 4.69) is 26.8 Å². The maximum absolute atomic E-state index is 12.7. The van der Waals surface area contributed by atoms with Gasteiger partial charge in [0.15, 0.2) is 5.78 Å². The van der Waals surface area contributed by atoms with Crippen LogP contribution in [0.5, 0.6) is 0 Å². The Balaban J connectivity index is 0.000000489. The molecule has 0 fully saturated rings. The molecule has 0 spiro atoms. The molecular weight excluding hydrogens is 416 g/mol. The van der Waals surface area contributed by atoms with E-state index in [0.717, 1.165) is 24.8 Å². The van der Waals surface area contributed by atoms with E-state index in [1.54, 1.807) is 13.0 Å². The monoisotopic (exact) mass is 458 g/mol. The molecule has 5 atom stereocenters. The summed E-state index contributed by atoms with van der Waals surface area (Å²) in [4.78, 5) is 34.6. The number of carbonyl (C=O) groups is 3. The average Bonchev–Trinajstić information content (AvgIpc) is 3.11. The summed E-state index contributed by atoms with van der Waals surface area (Å²) in [5.74, 6) is -0.310. The molecule has 0 bridgehead atoms. The van der Waals surface area contributed by atoms with Gasteiger partial charge >= 0.3 is 5.97 Å². The number of methoxy groups -OCH3 is 1. The van der Waals surface area contributed by atoms with Crippen molar-refractivity contribution in [2.75, 3.05) is 7.11 Å². The molecule has 184 valence electrons. The molecule has 5 nitrogen and oxygen atoms in total. The van der Waals surface area contributed by atoms with Crippen molar-refractivity contribution in [1.82, 2.24) is 0 Å². The van der Waals surface area contributed by atoms with Crippen molar-refractivity contribution in [3.63, 3.8) is 0 Å². The summed E-state index contributed by atoms with van der Waals surface area (Å²) in [6.07, 6.45) is 7.72. The molecule has 0 aromatic rings. The lowest BCUT2D eigenvalue weighted by Gasteiger charge is -2.52. The van der Waals surface area contributed by atoms with Gasteiger partial charge in [-0.3, -0.25) is 9.59 Å². The summed E-state index contributed by atoms with van der Waals surface area (Å²) in [7, 11) is 1.37. The van der Waals surface area contributed by atoms with Gasteiger partial charge < -0.3 is 14.6 Å². The second-order valence-electron chi connectivity index (χ2n) is 9.96. The number of carbonyl (C=O) groups excluding carboxylic acids is 3. The molecule has 0 amide bonds. The molecule has 0 aromatic carbocycles. The Kier molecular flexibility index (Phi) is 8.67. The number of rotatable bonds is 2. The molecule has 4 aliphatic rings. The second-order valence-corrected chi connectivity index (χ2v) is 9.96. The van der Waals surface area contributed by atoms with E-state index >= 15 is 0 Å². The first-order valence-corrected chi connectivity index (χ1v) is 12.5. The fourth-order valence-electron chi connectivity index (χ4n) is 5.83. The molecule has 5 heteroatoms. The van der Waals surface area contributed by atoms with E-state index < -0.39 is 18.0 Å². The maximum Gasteiger partial charge on any atom is 0.316 e. The third kappa shape index (κ3) is 4.66. The highest BCUT2D eigenvalue weighted by Gasteiger charge is 2.56. The van der Waals surface area contributed by atoms with Gasteiger partial charge in [0.2, 0.25) is 0 Å². The van der Waals surface area contributed by atoms with E-state index in [4.69, 9.17) is 4.74 Å². The first kappa shape index (κ1) is 27.2. The molecule has 4 unspecified atom stereocenters. The fourth-order valence-corrected chi connectivity index (χ4v) is 5.83. The van der Waals surface area contributed by atoms with Crippen LogP contribution in [0.15, 0.2) is 34.4 Å². The summed E-state index contributed by atoms with van der Waals surface area (Å²) in [6.45, 7) is 14.1. The molecule has 0 aliphatic heterocycles. The molecular formula is C28H42O5. The first-order chi connectivity index (χ1) is 15.5. The lowest BCUT2D eigenvalue weighted by Crippen LogP contribution is -2.49. The Morgan fingerprint density at radius 2 is 1.79 bits per heavy atom. The minimum atomic E-state index is -0.991. The van der Waals surface area contributed by atoms with E-state index in [-0.39, 0.29) is 22.4 Å². The molecule has 0 radical (unpaired) electrons. The van der Waals surface area contributed by atoms with E-state index in [1.807, 2.05) is 20.8 Å². The predicted molar refractivity (Wildman–Crippen MR) is 130 cm³/mol. The topological polar surface area (TPSA) is 80.7 Å². The summed E-state index contributed by atoms with van der Waals surface area (Å²) in [5, 5.41) is 11.2. The Hall–Kier alpha value is -2.01. The molecule has 4 aliphatic carbocycles. The number of allylic oxidation sites excluding steroid dienone is 4. The quantitative estimate of drug-likeness (QED) is 0.551. The van der Waals surface area contributed by atoms with Crippen LogP contribution in [-0.4, -0.2) is 35.9 Å². The highest BCUT2D eigenvalue weighted by molar-refractivity contribution is 5.93. The highest BCUT2D eigenvalue weighted by Crippen LogP contribution is 2.63. The van der Waals surface area contributed by atoms with E-state index in [1.165, 1.54) is 18.3 Å². The molecule has 33 heavy (non-hydrogen) atoms. The van der Waals surface area contributed by atoms with Crippen LogP contribution < -0.4 is 0 Å². The zero-order valence-electron chi connectivity index (χ0n) is 21.7. The van der Waals surface area contributed by atoms with Crippen molar-refractivity contribution in [1.29, 1.82) is 0 Å². The molecule has 1 N–H and O–H groups in total. The number of hydrogen-bond donors (Lipinski definition) is 1. The smallest absolute Gasteiger partial charge is 0.316 e. The van der Waals surface area contributed by atoms with Gasteiger partial charge in [-0.15, -0.1) is 0 Å². The van der Waals surface area contributed by atoms with Crippen molar-refractivity contribution in [3.8, 4) is 0 Å². The van der Waals surface area contributed by atoms with Crippen molar-refractivity contribution >= 4 is 17.5 Å². The van der Waals surface area contributed by atoms with Crippen LogP contribution >= 0.6 is 0 Å². The van der Waals surface area contributed by atoms with Crippen LogP contribution in [0.4, 0.5) is 0 Å². The van der Waals surface area contributed by atoms with Crippen LogP contribution in [0.1, 0.15) is 87.0 Å². The number of ketones is 2. The van der Waals surface area contributed by atoms with Crippen LogP contribution in [0.2, 0.25) is 0 Å². The van der Waals surface area contributed by atoms with Gasteiger partial charge in [0.25, 0.3) is 0 Å². The van der Waals surface area contributed by atoms with Crippen LogP contribution in [0.25, 0.3) is 0 Å². The molecule has 0 saturated heterocycles. The normalized spacial score (nSPS) is 34.2. The van der Waals surface area contributed by atoms with Gasteiger partial charge in [0.1, 0.15) is 11.7 Å². The first-order valence-electron chi connectivity index (χ1n) is 12.5.